The third-order valence-electron chi connectivity index (χ3n) is 2.54. The summed E-state index contributed by atoms with van der Waals surface area (Å²) in [5, 5.41) is 6.61. The van der Waals surface area contributed by atoms with Crippen molar-refractivity contribution in [2.24, 2.45) is 0 Å². The molecule has 0 fully saturated rings. The largest absolute Gasteiger partial charge is 0.370 e. The summed E-state index contributed by atoms with van der Waals surface area (Å²) < 4.78 is 0. The number of nitrogens with one attached hydrogen (secondary N) is 2. The summed E-state index contributed by atoms with van der Waals surface area (Å²) >= 11 is 1.63. The fourth-order valence-corrected chi connectivity index (χ4v) is 2.08. The molecule has 2 N–H and O–H groups in total. The number of aromatic nitrogens is 3. The summed E-state index contributed by atoms with van der Waals surface area (Å²) in [6, 6.07) is 0. The highest BCUT2D eigenvalue weighted by atomic mass is 32.1. The molecular weight excluding hydrogens is 246 g/mol. The first-order valence-corrected chi connectivity index (χ1v) is 6.86. The van der Waals surface area contributed by atoms with E-state index in [2.05, 4.69) is 32.5 Å². The van der Waals surface area contributed by atoms with Gasteiger partial charge in [-0.3, -0.25) is 4.98 Å². The SMILES string of the molecule is CCCNc1ncnc(NCc2cncs2)c1C. The maximum absolute atomic E-state index is 4.27. The number of nitrogens with zero attached hydrogens (tertiary/aromatic N) is 3. The van der Waals surface area contributed by atoms with Crippen molar-refractivity contribution in [3.8, 4) is 0 Å². The van der Waals surface area contributed by atoms with Crippen molar-refractivity contribution in [1.29, 1.82) is 0 Å². The zero-order chi connectivity index (χ0) is 12.8. The topological polar surface area (TPSA) is 62.7 Å². The minimum Gasteiger partial charge on any atom is -0.370 e. The molecule has 0 bridgehead atoms. The molecule has 0 aliphatic heterocycles. The van der Waals surface area contributed by atoms with E-state index in [9.17, 15) is 0 Å². The zero-order valence-electron chi connectivity index (χ0n) is 10.6. The molecule has 18 heavy (non-hydrogen) atoms. The molecule has 0 aliphatic rings. The van der Waals surface area contributed by atoms with Gasteiger partial charge in [0.05, 0.1) is 12.1 Å². The summed E-state index contributed by atoms with van der Waals surface area (Å²) in [6.07, 6.45) is 4.53. The fraction of sp³-hybridized carbons (Fsp3) is 0.417. The highest BCUT2D eigenvalue weighted by molar-refractivity contribution is 7.09. The normalized spacial score (nSPS) is 10.3. The Hall–Kier alpha value is -1.69. The van der Waals surface area contributed by atoms with Crippen molar-refractivity contribution >= 4 is 23.0 Å². The lowest BCUT2D eigenvalue weighted by atomic mass is 10.3. The Morgan fingerprint density at radius 1 is 1.22 bits per heavy atom. The van der Waals surface area contributed by atoms with Crippen LogP contribution in [0.1, 0.15) is 23.8 Å². The van der Waals surface area contributed by atoms with Gasteiger partial charge in [0.25, 0.3) is 0 Å². The Morgan fingerprint density at radius 2 is 2.00 bits per heavy atom. The first-order valence-electron chi connectivity index (χ1n) is 5.98. The van der Waals surface area contributed by atoms with E-state index in [1.807, 2.05) is 18.6 Å². The number of thiazole rings is 1. The molecule has 0 unspecified atom stereocenters. The standard InChI is InChI=1S/C12H17N5S/c1-3-4-14-11-9(2)12(17-7-16-11)15-6-10-5-13-8-18-10/h5,7-8H,3-4,6H2,1-2H3,(H2,14,15,16,17). The summed E-state index contributed by atoms with van der Waals surface area (Å²) in [6.45, 7) is 5.82. The second kappa shape index (κ2) is 6.30. The second-order valence-corrected chi connectivity index (χ2v) is 4.91. The van der Waals surface area contributed by atoms with Gasteiger partial charge in [0.15, 0.2) is 0 Å². The van der Waals surface area contributed by atoms with Gasteiger partial charge in [0.1, 0.15) is 18.0 Å². The van der Waals surface area contributed by atoms with Gasteiger partial charge in [-0.15, -0.1) is 11.3 Å². The van der Waals surface area contributed by atoms with Crippen LogP contribution in [0, 0.1) is 6.92 Å². The Kier molecular flexibility index (Phi) is 4.46. The third kappa shape index (κ3) is 3.16. The van der Waals surface area contributed by atoms with Gasteiger partial charge in [-0.1, -0.05) is 6.92 Å². The molecule has 6 heteroatoms. The third-order valence-corrected chi connectivity index (χ3v) is 3.32. The van der Waals surface area contributed by atoms with E-state index in [-0.39, 0.29) is 0 Å². The van der Waals surface area contributed by atoms with E-state index >= 15 is 0 Å². The van der Waals surface area contributed by atoms with Crippen molar-refractivity contribution in [3.63, 3.8) is 0 Å². The van der Waals surface area contributed by atoms with Crippen LogP contribution in [-0.4, -0.2) is 21.5 Å². The minimum atomic E-state index is 0.746. The van der Waals surface area contributed by atoms with Crippen molar-refractivity contribution in [2.45, 2.75) is 26.8 Å². The lowest BCUT2D eigenvalue weighted by molar-refractivity contribution is 0.957. The number of hydrogen-bond acceptors (Lipinski definition) is 6. The zero-order valence-corrected chi connectivity index (χ0v) is 11.4. The van der Waals surface area contributed by atoms with Crippen LogP contribution in [0.15, 0.2) is 18.0 Å². The van der Waals surface area contributed by atoms with Gasteiger partial charge in [0, 0.05) is 23.2 Å². The van der Waals surface area contributed by atoms with E-state index < -0.39 is 0 Å². The predicted octanol–water partition coefficient (Wildman–Crippen LogP) is 2.68. The van der Waals surface area contributed by atoms with Crippen LogP contribution >= 0.6 is 11.3 Å². The van der Waals surface area contributed by atoms with Crippen LogP contribution in [0.2, 0.25) is 0 Å². The summed E-state index contributed by atoms with van der Waals surface area (Å²) in [5.74, 6) is 1.77. The number of anilines is 2. The van der Waals surface area contributed by atoms with Gasteiger partial charge in [-0.05, 0) is 13.3 Å². The van der Waals surface area contributed by atoms with Crippen molar-refractivity contribution in [2.75, 3.05) is 17.2 Å². The van der Waals surface area contributed by atoms with Crippen LogP contribution in [-0.2, 0) is 6.54 Å². The van der Waals surface area contributed by atoms with Crippen molar-refractivity contribution < 1.29 is 0 Å². The molecule has 0 radical (unpaired) electrons. The van der Waals surface area contributed by atoms with Crippen LogP contribution < -0.4 is 10.6 Å². The Balaban J connectivity index is 2.03. The average molecular weight is 263 g/mol. The molecule has 2 aromatic rings. The lowest BCUT2D eigenvalue weighted by Crippen LogP contribution is -2.08. The monoisotopic (exact) mass is 263 g/mol. The van der Waals surface area contributed by atoms with E-state index in [0.717, 1.165) is 36.7 Å². The van der Waals surface area contributed by atoms with Crippen molar-refractivity contribution in [3.05, 3.63) is 28.5 Å². The minimum absolute atomic E-state index is 0.746. The Labute approximate surface area is 111 Å². The molecule has 96 valence electrons. The molecule has 2 heterocycles. The van der Waals surface area contributed by atoms with Gasteiger partial charge in [-0.25, -0.2) is 9.97 Å². The second-order valence-electron chi connectivity index (χ2n) is 3.94. The predicted molar refractivity (Wildman–Crippen MR) is 75.0 cm³/mol. The quantitative estimate of drug-likeness (QED) is 0.839. The summed E-state index contributed by atoms with van der Waals surface area (Å²) in [7, 11) is 0. The molecule has 0 atom stereocenters. The van der Waals surface area contributed by atoms with E-state index in [0.29, 0.717) is 0 Å². The molecule has 2 aromatic heterocycles. The molecule has 0 spiro atoms. The van der Waals surface area contributed by atoms with Gasteiger partial charge in [-0.2, -0.15) is 0 Å². The first-order chi connectivity index (χ1) is 8.81. The molecule has 0 saturated carbocycles. The first kappa shape index (κ1) is 12.8. The van der Waals surface area contributed by atoms with Crippen molar-refractivity contribution in [1.82, 2.24) is 15.0 Å². The molecule has 0 amide bonds. The van der Waals surface area contributed by atoms with Gasteiger partial charge in [0.2, 0.25) is 0 Å². The van der Waals surface area contributed by atoms with Gasteiger partial charge >= 0.3 is 0 Å². The summed E-state index contributed by atoms with van der Waals surface area (Å²) in [5.41, 5.74) is 2.88. The highest BCUT2D eigenvalue weighted by Crippen LogP contribution is 2.19. The average Bonchev–Trinajstić information content (AvgIpc) is 2.89. The van der Waals surface area contributed by atoms with E-state index in [1.165, 1.54) is 4.88 Å². The van der Waals surface area contributed by atoms with Gasteiger partial charge < -0.3 is 10.6 Å². The Bertz CT molecular complexity index is 483. The highest BCUT2D eigenvalue weighted by Gasteiger charge is 2.06. The van der Waals surface area contributed by atoms with Crippen LogP contribution in [0.3, 0.4) is 0 Å². The summed E-state index contributed by atoms with van der Waals surface area (Å²) in [4.78, 5) is 13.8. The molecule has 0 aliphatic carbocycles. The fourth-order valence-electron chi connectivity index (χ4n) is 1.55. The molecule has 5 nitrogen and oxygen atoms in total. The number of rotatable bonds is 6. The van der Waals surface area contributed by atoms with E-state index in [4.69, 9.17) is 0 Å². The molecule has 0 aromatic carbocycles. The van der Waals surface area contributed by atoms with Crippen LogP contribution in [0.25, 0.3) is 0 Å². The molecule has 0 saturated heterocycles. The molecular formula is C12H17N5S. The Morgan fingerprint density at radius 3 is 2.67 bits per heavy atom. The lowest BCUT2D eigenvalue weighted by Gasteiger charge is -2.11. The maximum atomic E-state index is 4.27. The number of hydrogen-bond donors (Lipinski definition) is 2. The molecule has 2 rings (SSSR count). The smallest absolute Gasteiger partial charge is 0.134 e. The van der Waals surface area contributed by atoms with Crippen LogP contribution in [0.5, 0.6) is 0 Å². The van der Waals surface area contributed by atoms with E-state index in [1.54, 1.807) is 17.7 Å². The maximum Gasteiger partial charge on any atom is 0.134 e. The van der Waals surface area contributed by atoms with Crippen LogP contribution in [0.4, 0.5) is 11.6 Å².